The highest BCUT2D eigenvalue weighted by atomic mass is 16.5. The van der Waals surface area contributed by atoms with Crippen LogP contribution in [-0.4, -0.2) is 17.6 Å². The van der Waals surface area contributed by atoms with Gasteiger partial charge in [-0.05, 0) is 30.3 Å². The molecule has 1 aromatic carbocycles. The Morgan fingerprint density at radius 2 is 2.18 bits per heavy atom. The molecule has 1 amide bonds. The summed E-state index contributed by atoms with van der Waals surface area (Å²) in [7, 11) is 1.66. The summed E-state index contributed by atoms with van der Waals surface area (Å²) in [6.45, 7) is 1.05. The fourth-order valence-electron chi connectivity index (χ4n) is 2.48. The van der Waals surface area contributed by atoms with Crippen molar-refractivity contribution in [3.05, 3.63) is 54.6 Å². The molecule has 0 bridgehead atoms. The topological polar surface area (TPSA) is 56.4 Å². The second kappa shape index (κ2) is 6.39. The molecule has 5 heteroatoms. The predicted octanol–water partition coefficient (Wildman–Crippen LogP) is 2.95. The zero-order valence-corrected chi connectivity index (χ0v) is 12.4. The summed E-state index contributed by atoms with van der Waals surface area (Å²) in [4.78, 5) is 11.9. The molecule has 0 aliphatic rings. The van der Waals surface area contributed by atoms with Gasteiger partial charge in [0, 0.05) is 24.5 Å². The Morgan fingerprint density at radius 3 is 2.95 bits per heavy atom. The number of carbonyl (C=O) groups is 1. The van der Waals surface area contributed by atoms with E-state index in [-0.39, 0.29) is 5.91 Å². The van der Waals surface area contributed by atoms with Crippen LogP contribution in [0.1, 0.15) is 12.2 Å². The summed E-state index contributed by atoms with van der Waals surface area (Å²) in [5.74, 6) is 1.60. The van der Waals surface area contributed by atoms with Gasteiger partial charge in [0.1, 0.15) is 11.5 Å². The van der Waals surface area contributed by atoms with Crippen LogP contribution in [0.15, 0.2) is 53.3 Å². The summed E-state index contributed by atoms with van der Waals surface area (Å²) in [5, 5.41) is 3.90. The van der Waals surface area contributed by atoms with E-state index in [1.54, 1.807) is 19.4 Å². The maximum absolute atomic E-state index is 11.9. The maximum atomic E-state index is 11.9. The molecule has 2 heterocycles. The Kier molecular flexibility index (Phi) is 4.14. The van der Waals surface area contributed by atoms with Crippen molar-refractivity contribution in [2.24, 2.45) is 0 Å². The first-order valence-corrected chi connectivity index (χ1v) is 7.19. The SMILES string of the molecule is COc1cccc2c1ccn2CCC(=O)NCc1ccco1. The van der Waals surface area contributed by atoms with E-state index in [9.17, 15) is 4.79 Å². The Morgan fingerprint density at radius 1 is 1.27 bits per heavy atom. The van der Waals surface area contributed by atoms with E-state index in [2.05, 4.69) is 9.88 Å². The fourth-order valence-corrected chi connectivity index (χ4v) is 2.48. The molecule has 3 aromatic rings. The first kappa shape index (κ1) is 14.3. The number of ether oxygens (including phenoxy) is 1. The molecule has 0 radical (unpaired) electrons. The standard InChI is InChI=1S/C17H18N2O3/c1-21-16-6-2-5-15-14(16)7-9-19(15)10-8-17(20)18-12-13-4-3-11-22-13/h2-7,9,11H,8,10,12H2,1H3,(H,18,20). The van der Waals surface area contributed by atoms with Crippen molar-refractivity contribution in [3.8, 4) is 5.75 Å². The van der Waals surface area contributed by atoms with Crippen LogP contribution in [0.25, 0.3) is 10.9 Å². The van der Waals surface area contributed by atoms with Gasteiger partial charge in [0.05, 0.1) is 25.4 Å². The molecule has 2 aromatic heterocycles. The predicted molar refractivity (Wildman–Crippen MR) is 83.7 cm³/mol. The van der Waals surface area contributed by atoms with E-state index in [0.717, 1.165) is 22.4 Å². The lowest BCUT2D eigenvalue weighted by Gasteiger charge is -2.07. The summed E-state index contributed by atoms with van der Waals surface area (Å²) in [6, 6.07) is 11.6. The molecular formula is C17H18N2O3. The molecule has 5 nitrogen and oxygen atoms in total. The number of rotatable bonds is 6. The van der Waals surface area contributed by atoms with E-state index in [1.807, 2.05) is 36.5 Å². The highest BCUT2D eigenvalue weighted by molar-refractivity contribution is 5.86. The monoisotopic (exact) mass is 298 g/mol. The van der Waals surface area contributed by atoms with Gasteiger partial charge < -0.3 is 19.0 Å². The van der Waals surface area contributed by atoms with Crippen LogP contribution in [0.3, 0.4) is 0 Å². The number of fused-ring (bicyclic) bond motifs is 1. The van der Waals surface area contributed by atoms with E-state index < -0.39 is 0 Å². The van der Waals surface area contributed by atoms with Gasteiger partial charge in [-0.2, -0.15) is 0 Å². The Hall–Kier alpha value is -2.69. The Balaban J connectivity index is 1.60. The van der Waals surface area contributed by atoms with Gasteiger partial charge in [-0.3, -0.25) is 4.79 Å². The minimum absolute atomic E-state index is 0.00106. The molecule has 0 aliphatic heterocycles. The molecule has 114 valence electrons. The number of furan rings is 1. The first-order chi connectivity index (χ1) is 10.8. The number of aromatic nitrogens is 1. The largest absolute Gasteiger partial charge is 0.496 e. The highest BCUT2D eigenvalue weighted by Crippen LogP contribution is 2.26. The van der Waals surface area contributed by atoms with Crippen molar-refractivity contribution in [2.45, 2.75) is 19.5 Å². The quantitative estimate of drug-likeness (QED) is 0.761. The number of hydrogen-bond acceptors (Lipinski definition) is 3. The van der Waals surface area contributed by atoms with Gasteiger partial charge >= 0.3 is 0 Å². The minimum atomic E-state index is 0.00106. The average molecular weight is 298 g/mol. The molecule has 1 N–H and O–H groups in total. The lowest BCUT2D eigenvalue weighted by molar-refractivity contribution is -0.121. The summed E-state index contributed by atoms with van der Waals surface area (Å²) < 4.78 is 12.6. The van der Waals surface area contributed by atoms with Gasteiger partial charge in [0.25, 0.3) is 0 Å². The van der Waals surface area contributed by atoms with Crippen molar-refractivity contribution < 1.29 is 13.9 Å². The molecular weight excluding hydrogens is 280 g/mol. The van der Waals surface area contributed by atoms with Crippen LogP contribution in [0, 0.1) is 0 Å². The van der Waals surface area contributed by atoms with Gasteiger partial charge in [-0.1, -0.05) is 6.07 Å². The smallest absolute Gasteiger partial charge is 0.222 e. The van der Waals surface area contributed by atoms with Crippen molar-refractivity contribution >= 4 is 16.8 Å². The fraction of sp³-hybridized carbons (Fsp3) is 0.235. The number of nitrogens with one attached hydrogen (secondary N) is 1. The van der Waals surface area contributed by atoms with Crippen LogP contribution in [0.2, 0.25) is 0 Å². The summed E-state index contributed by atoms with van der Waals surface area (Å²) in [6.07, 6.45) is 4.00. The first-order valence-electron chi connectivity index (χ1n) is 7.19. The van der Waals surface area contributed by atoms with Crippen LogP contribution < -0.4 is 10.1 Å². The van der Waals surface area contributed by atoms with E-state index in [1.165, 1.54) is 0 Å². The highest BCUT2D eigenvalue weighted by Gasteiger charge is 2.08. The minimum Gasteiger partial charge on any atom is -0.496 e. The van der Waals surface area contributed by atoms with E-state index in [4.69, 9.17) is 9.15 Å². The number of nitrogens with zero attached hydrogens (tertiary/aromatic N) is 1. The van der Waals surface area contributed by atoms with Crippen molar-refractivity contribution in [1.29, 1.82) is 0 Å². The second-order valence-electron chi connectivity index (χ2n) is 5.01. The zero-order valence-electron chi connectivity index (χ0n) is 12.4. The van der Waals surface area contributed by atoms with Crippen LogP contribution in [0.4, 0.5) is 0 Å². The molecule has 0 unspecified atom stereocenters. The molecule has 0 aliphatic carbocycles. The third-order valence-corrected chi connectivity index (χ3v) is 3.61. The number of aryl methyl sites for hydroxylation is 1. The molecule has 22 heavy (non-hydrogen) atoms. The lowest BCUT2D eigenvalue weighted by Crippen LogP contribution is -2.23. The van der Waals surface area contributed by atoms with Gasteiger partial charge in [0.15, 0.2) is 0 Å². The van der Waals surface area contributed by atoms with Gasteiger partial charge in [-0.15, -0.1) is 0 Å². The third-order valence-electron chi connectivity index (χ3n) is 3.61. The van der Waals surface area contributed by atoms with Crippen molar-refractivity contribution in [3.63, 3.8) is 0 Å². The normalized spacial score (nSPS) is 10.8. The van der Waals surface area contributed by atoms with Crippen LogP contribution in [0.5, 0.6) is 5.75 Å². The van der Waals surface area contributed by atoms with Crippen LogP contribution >= 0.6 is 0 Å². The van der Waals surface area contributed by atoms with Crippen molar-refractivity contribution in [2.75, 3.05) is 7.11 Å². The van der Waals surface area contributed by atoms with Gasteiger partial charge in [-0.25, -0.2) is 0 Å². The molecule has 0 saturated carbocycles. The second-order valence-corrected chi connectivity index (χ2v) is 5.01. The number of benzene rings is 1. The summed E-state index contributed by atoms with van der Waals surface area (Å²) in [5.41, 5.74) is 1.07. The number of methoxy groups -OCH3 is 1. The Labute approximate surface area is 128 Å². The average Bonchev–Trinajstić information content (AvgIpc) is 3.20. The number of amides is 1. The number of hydrogen-bond donors (Lipinski definition) is 1. The third kappa shape index (κ3) is 2.98. The lowest BCUT2D eigenvalue weighted by atomic mass is 10.2. The van der Waals surface area contributed by atoms with E-state index >= 15 is 0 Å². The molecule has 0 atom stereocenters. The molecule has 3 rings (SSSR count). The molecule has 0 spiro atoms. The molecule has 0 saturated heterocycles. The van der Waals surface area contributed by atoms with Crippen LogP contribution in [-0.2, 0) is 17.9 Å². The Bertz CT molecular complexity index is 759. The van der Waals surface area contributed by atoms with E-state index in [0.29, 0.717) is 19.5 Å². The number of carbonyl (C=O) groups excluding carboxylic acids is 1. The zero-order chi connectivity index (χ0) is 15.4. The van der Waals surface area contributed by atoms with Gasteiger partial charge in [0.2, 0.25) is 5.91 Å². The summed E-state index contributed by atoms with van der Waals surface area (Å²) >= 11 is 0. The molecule has 0 fully saturated rings. The maximum Gasteiger partial charge on any atom is 0.222 e. The van der Waals surface area contributed by atoms with Crippen molar-refractivity contribution in [1.82, 2.24) is 9.88 Å².